The van der Waals surface area contributed by atoms with E-state index in [1.807, 2.05) is 0 Å². The Morgan fingerprint density at radius 1 is 1.07 bits per heavy atom. The lowest BCUT2D eigenvalue weighted by Gasteiger charge is -2.09. The van der Waals surface area contributed by atoms with Crippen molar-refractivity contribution in [2.24, 2.45) is 0 Å². The number of hydrogen-bond acceptors (Lipinski definition) is 0. The second-order valence-electron chi connectivity index (χ2n) is 3.38. The van der Waals surface area contributed by atoms with Crippen LogP contribution in [0.1, 0.15) is 37.8 Å². The highest BCUT2D eigenvalue weighted by atomic mass is 79.9. The molecule has 2 heteroatoms. The number of benzene rings is 1. The molecule has 1 aromatic carbocycles. The van der Waals surface area contributed by atoms with Gasteiger partial charge in [-0.15, -0.1) is 0 Å². The molecule has 0 aliphatic rings. The topological polar surface area (TPSA) is 0 Å². The van der Waals surface area contributed by atoms with Gasteiger partial charge >= 0.3 is 0 Å². The lowest BCUT2D eigenvalue weighted by molar-refractivity contribution is 0.857. The van der Waals surface area contributed by atoms with Crippen molar-refractivity contribution in [1.82, 2.24) is 0 Å². The predicted molar refractivity (Wildman–Crippen MR) is 67.9 cm³/mol. The van der Waals surface area contributed by atoms with E-state index in [-0.39, 0.29) is 11.0 Å². The van der Waals surface area contributed by atoms with Gasteiger partial charge in [-0.2, -0.15) is 0 Å². The van der Waals surface area contributed by atoms with E-state index in [9.17, 15) is 0 Å². The van der Waals surface area contributed by atoms with Gasteiger partial charge < -0.3 is 0 Å². The first-order valence-electron chi connectivity index (χ1n) is 5.05. The summed E-state index contributed by atoms with van der Waals surface area (Å²) < 4.78 is 1.28. The van der Waals surface area contributed by atoms with Crippen molar-refractivity contribution in [2.45, 2.75) is 39.5 Å². The van der Waals surface area contributed by atoms with Crippen LogP contribution in [-0.2, 0) is 12.8 Å². The zero-order chi connectivity index (χ0) is 9.68. The van der Waals surface area contributed by atoms with Gasteiger partial charge in [0.1, 0.15) is 0 Å². The molecular weight excluding hydrogens is 252 g/mol. The van der Waals surface area contributed by atoms with Crippen LogP contribution in [0.5, 0.6) is 0 Å². The van der Waals surface area contributed by atoms with Gasteiger partial charge in [0.2, 0.25) is 0 Å². The highest BCUT2D eigenvalue weighted by molar-refractivity contribution is 9.10. The summed E-state index contributed by atoms with van der Waals surface area (Å²) in [5, 5.41) is 0. The third kappa shape index (κ3) is 3.58. The predicted octanol–water partition coefficient (Wildman–Crippen LogP) is 3.97. The number of halogens is 1. The summed E-state index contributed by atoms with van der Waals surface area (Å²) in [5.41, 5.74) is 3.02. The highest BCUT2D eigenvalue weighted by Crippen LogP contribution is 2.23. The van der Waals surface area contributed by atoms with E-state index in [1.165, 1.54) is 41.3 Å². The van der Waals surface area contributed by atoms with Crippen molar-refractivity contribution in [3.63, 3.8) is 0 Å². The van der Waals surface area contributed by atoms with Gasteiger partial charge in [-0.3, -0.25) is 0 Å². The molecule has 0 aliphatic heterocycles. The monoisotopic (exact) mass is 268 g/mol. The molecule has 0 bridgehead atoms. The maximum absolute atomic E-state index is 3.62. The molecule has 0 saturated carbocycles. The van der Waals surface area contributed by atoms with E-state index in [1.54, 1.807) is 0 Å². The third-order valence-electron chi connectivity index (χ3n) is 2.24. The molecule has 0 unspecified atom stereocenters. The van der Waals surface area contributed by atoms with E-state index >= 15 is 0 Å². The molecule has 76 valence electrons. The van der Waals surface area contributed by atoms with Gasteiger partial charge in [-0.1, -0.05) is 54.8 Å². The Bertz CT molecular complexity index is 271. The Kier molecular flexibility index (Phi) is 7.20. The first-order chi connectivity index (χ1) is 6.29. The van der Waals surface area contributed by atoms with E-state index in [0.29, 0.717) is 0 Å². The summed E-state index contributed by atoms with van der Waals surface area (Å²) in [6, 6.07) is 6.53. The molecule has 0 nitrogen and oxygen atoms in total. The first kappa shape index (κ1) is 13.9. The molecule has 0 amide bonds. The van der Waals surface area contributed by atoms with Crippen molar-refractivity contribution in [2.75, 3.05) is 0 Å². The minimum atomic E-state index is 0. The molecule has 0 aliphatic carbocycles. The smallest absolute Gasteiger partial charge is 0.0210 e. The minimum Gasteiger partial charge on any atom is -0.0651 e. The first-order valence-corrected chi connectivity index (χ1v) is 5.85. The van der Waals surface area contributed by atoms with Crippen LogP contribution in [0.3, 0.4) is 0 Å². The molecule has 0 spiro atoms. The van der Waals surface area contributed by atoms with E-state index in [0.717, 1.165) is 0 Å². The molecule has 0 atom stereocenters. The fourth-order valence-electron chi connectivity index (χ4n) is 1.64. The van der Waals surface area contributed by atoms with Gasteiger partial charge in [0, 0.05) is 15.4 Å². The van der Waals surface area contributed by atoms with Crippen molar-refractivity contribution >= 4 is 26.9 Å². The second-order valence-corrected chi connectivity index (χ2v) is 4.23. The molecule has 0 saturated heterocycles. The molecule has 1 aromatic rings. The lowest BCUT2D eigenvalue weighted by atomic mass is 10.00. The second kappa shape index (κ2) is 7.24. The summed E-state index contributed by atoms with van der Waals surface area (Å²) in [4.78, 5) is 0. The lowest BCUT2D eigenvalue weighted by Crippen LogP contribution is -1.94. The molecular formula is C12H17BrSi. The van der Waals surface area contributed by atoms with Crippen molar-refractivity contribution in [3.8, 4) is 0 Å². The number of hydrogen-bond donors (Lipinski definition) is 0. The largest absolute Gasteiger partial charge is 0.0651 e. The van der Waals surface area contributed by atoms with Crippen molar-refractivity contribution in [1.29, 1.82) is 0 Å². The summed E-state index contributed by atoms with van der Waals surface area (Å²) in [5.74, 6) is 0. The summed E-state index contributed by atoms with van der Waals surface area (Å²) in [6.45, 7) is 4.46. The molecule has 0 fully saturated rings. The Morgan fingerprint density at radius 3 is 2.29 bits per heavy atom. The highest BCUT2D eigenvalue weighted by Gasteiger charge is 2.03. The van der Waals surface area contributed by atoms with Crippen LogP contribution in [0.25, 0.3) is 0 Å². The normalized spacial score (nSPS) is 9.64. The van der Waals surface area contributed by atoms with E-state index in [4.69, 9.17) is 0 Å². The summed E-state index contributed by atoms with van der Waals surface area (Å²) >= 11 is 3.62. The van der Waals surface area contributed by atoms with Gasteiger partial charge in [-0.25, -0.2) is 0 Å². The van der Waals surface area contributed by atoms with Gasteiger partial charge in [0.15, 0.2) is 0 Å². The van der Waals surface area contributed by atoms with Crippen LogP contribution in [-0.4, -0.2) is 11.0 Å². The third-order valence-corrected chi connectivity index (χ3v) is 2.98. The number of rotatable bonds is 4. The van der Waals surface area contributed by atoms with Crippen LogP contribution >= 0.6 is 15.9 Å². The van der Waals surface area contributed by atoms with Crippen LogP contribution in [0, 0.1) is 0 Å². The van der Waals surface area contributed by atoms with Crippen LogP contribution < -0.4 is 0 Å². The SMILES string of the molecule is CCCc1cccc(Br)c1CCC.[Si]. The zero-order valence-corrected chi connectivity index (χ0v) is 11.5. The molecule has 0 N–H and O–H groups in total. The van der Waals surface area contributed by atoms with E-state index in [2.05, 4.69) is 48.0 Å². The van der Waals surface area contributed by atoms with Gasteiger partial charge in [0.25, 0.3) is 0 Å². The van der Waals surface area contributed by atoms with Crippen LogP contribution in [0.4, 0.5) is 0 Å². The fraction of sp³-hybridized carbons (Fsp3) is 0.500. The van der Waals surface area contributed by atoms with Crippen molar-refractivity contribution in [3.05, 3.63) is 33.8 Å². The molecule has 0 heterocycles. The Hall–Kier alpha value is -0.0831. The maximum atomic E-state index is 3.62. The number of aryl methyl sites for hydroxylation is 1. The average Bonchev–Trinajstić information content (AvgIpc) is 2.11. The molecule has 0 aromatic heterocycles. The van der Waals surface area contributed by atoms with Gasteiger partial charge in [0.05, 0.1) is 0 Å². The zero-order valence-electron chi connectivity index (χ0n) is 8.94. The van der Waals surface area contributed by atoms with E-state index < -0.39 is 0 Å². The standard InChI is InChI=1S/C12H17Br.Si/c1-3-6-10-8-5-9-12(13)11(10)7-4-2;/h5,8-9H,3-4,6-7H2,1-2H3;. The molecule has 1 rings (SSSR count). The Morgan fingerprint density at radius 2 is 1.71 bits per heavy atom. The quantitative estimate of drug-likeness (QED) is 0.725. The maximum Gasteiger partial charge on any atom is 0.0210 e. The fourth-order valence-corrected chi connectivity index (χ4v) is 2.24. The van der Waals surface area contributed by atoms with Crippen LogP contribution in [0.15, 0.2) is 22.7 Å². The average molecular weight is 269 g/mol. The van der Waals surface area contributed by atoms with Gasteiger partial charge in [-0.05, 0) is 30.0 Å². The summed E-state index contributed by atoms with van der Waals surface area (Å²) in [7, 11) is 0. The van der Waals surface area contributed by atoms with Crippen molar-refractivity contribution < 1.29 is 0 Å². The minimum absolute atomic E-state index is 0. The molecule has 14 heavy (non-hydrogen) atoms. The van der Waals surface area contributed by atoms with Crippen LogP contribution in [0.2, 0.25) is 0 Å². The molecule has 4 radical (unpaired) electrons. The summed E-state index contributed by atoms with van der Waals surface area (Å²) in [6.07, 6.45) is 4.85. The Labute approximate surface area is 100 Å². The Balaban J connectivity index is 0.00000169.